The molecule has 7 nitrogen and oxygen atoms in total. The van der Waals surface area contributed by atoms with E-state index in [4.69, 9.17) is 0 Å². The predicted octanol–water partition coefficient (Wildman–Crippen LogP) is 3.09. The fourth-order valence-corrected chi connectivity index (χ4v) is 4.26. The van der Waals surface area contributed by atoms with Crippen LogP contribution in [0.3, 0.4) is 0 Å². The Bertz CT molecular complexity index is 817. The van der Waals surface area contributed by atoms with Crippen molar-refractivity contribution in [3.63, 3.8) is 0 Å². The van der Waals surface area contributed by atoms with Crippen molar-refractivity contribution in [1.29, 1.82) is 0 Å². The number of hydrogen-bond acceptors (Lipinski definition) is 5. The first-order chi connectivity index (χ1) is 13.7. The summed E-state index contributed by atoms with van der Waals surface area (Å²) >= 11 is 0. The molecule has 9 heteroatoms. The molecule has 0 bridgehead atoms. The Labute approximate surface area is 191 Å². The zero-order valence-electron chi connectivity index (χ0n) is 17.7. The molecule has 1 amide bonds. The van der Waals surface area contributed by atoms with E-state index in [2.05, 4.69) is 39.0 Å². The van der Waals surface area contributed by atoms with E-state index in [0.29, 0.717) is 5.92 Å². The fourth-order valence-electron chi connectivity index (χ4n) is 4.26. The lowest BCUT2D eigenvalue weighted by Gasteiger charge is -2.32. The molecule has 0 radical (unpaired) electrons. The molecule has 0 spiro atoms. The highest BCUT2D eigenvalue weighted by Crippen LogP contribution is 2.28. The van der Waals surface area contributed by atoms with Crippen LogP contribution >= 0.6 is 24.8 Å². The van der Waals surface area contributed by atoms with Gasteiger partial charge in [-0.3, -0.25) is 4.79 Å². The summed E-state index contributed by atoms with van der Waals surface area (Å²) in [5, 5.41) is 12.1. The molecule has 30 heavy (non-hydrogen) atoms. The van der Waals surface area contributed by atoms with E-state index in [0.717, 1.165) is 81.4 Å². The van der Waals surface area contributed by atoms with Crippen molar-refractivity contribution in [1.82, 2.24) is 25.0 Å². The van der Waals surface area contributed by atoms with Gasteiger partial charge in [-0.25, -0.2) is 0 Å². The van der Waals surface area contributed by atoms with Crippen molar-refractivity contribution in [2.45, 2.75) is 45.2 Å². The molecule has 1 saturated heterocycles. The molecule has 2 aromatic rings. The number of anilines is 1. The molecule has 0 saturated carbocycles. The number of rotatable bonds is 5. The normalized spacial score (nSPS) is 16.3. The van der Waals surface area contributed by atoms with Crippen LogP contribution in [0, 0.1) is 0 Å². The molecular formula is C21H32Cl2N6O. The smallest absolute Gasteiger partial charge is 0.253 e. The number of amides is 1. The number of piperidine rings is 1. The predicted molar refractivity (Wildman–Crippen MR) is 124 cm³/mol. The van der Waals surface area contributed by atoms with Gasteiger partial charge in [-0.05, 0) is 43.5 Å². The molecule has 2 aliphatic rings. The summed E-state index contributed by atoms with van der Waals surface area (Å²) in [5.74, 6) is 2.67. The summed E-state index contributed by atoms with van der Waals surface area (Å²) in [6.45, 7) is 7.46. The highest BCUT2D eigenvalue weighted by Gasteiger charge is 2.29. The van der Waals surface area contributed by atoms with Crippen molar-refractivity contribution >= 4 is 36.4 Å². The molecule has 166 valence electrons. The van der Waals surface area contributed by atoms with Gasteiger partial charge in [0, 0.05) is 56.9 Å². The number of benzene rings is 1. The van der Waals surface area contributed by atoms with Crippen molar-refractivity contribution in [3.8, 4) is 0 Å². The Morgan fingerprint density at radius 2 is 1.83 bits per heavy atom. The Morgan fingerprint density at radius 3 is 2.50 bits per heavy atom. The molecule has 4 rings (SSSR count). The molecule has 1 aromatic carbocycles. The Hall–Kier alpha value is -1.83. The third kappa shape index (κ3) is 5.07. The molecule has 3 heterocycles. The maximum Gasteiger partial charge on any atom is 0.253 e. The largest absolute Gasteiger partial charge is 0.375 e. The van der Waals surface area contributed by atoms with Crippen LogP contribution in [0.25, 0.3) is 0 Å². The lowest BCUT2D eigenvalue weighted by molar-refractivity contribution is 0.0710. The molecule has 0 atom stereocenters. The number of hydrogen-bond donors (Lipinski definition) is 1. The average molecular weight is 455 g/mol. The van der Waals surface area contributed by atoms with Gasteiger partial charge in [0.25, 0.3) is 5.91 Å². The lowest BCUT2D eigenvalue weighted by Crippen LogP contribution is -2.39. The second kappa shape index (κ2) is 11.0. The van der Waals surface area contributed by atoms with Gasteiger partial charge < -0.3 is 19.7 Å². The molecule has 2 aliphatic heterocycles. The van der Waals surface area contributed by atoms with Crippen LogP contribution in [0.4, 0.5) is 5.69 Å². The van der Waals surface area contributed by atoms with E-state index >= 15 is 0 Å². The van der Waals surface area contributed by atoms with Crippen LogP contribution in [0.2, 0.25) is 0 Å². The molecule has 1 fully saturated rings. The number of carbonyl (C=O) groups excluding carboxylic acids is 1. The number of likely N-dealkylation sites (tertiary alicyclic amines) is 1. The number of fused-ring (bicyclic) bond motifs is 1. The number of carbonyl (C=O) groups is 1. The van der Waals surface area contributed by atoms with E-state index in [1.54, 1.807) is 0 Å². The van der Waals surface area contributed by atoms with E-state index in [9.17, 15) is 4.79 Å². The highest BCUT2D eigenvalue weighted by atomic mass is 35.5. The SMILES string of the molecule is CCCN(C)c1ccc(C(=O)N2CCC(c3nnc4n3CCNC4)CC2)cc1.Cl.Cl. The van der Waals surface area contributed by atoms with E-state index in [1.165, 1.54) is 0 Å². The summed E-state index contributed by atoms with van der Waals surface area (Å²) in [6, 6.07) is 8.01. The van der Waals surface area contributed by atoms with Gasteiger partial charge in [-0.15, -0.1) is 35.0 Å². The lowest BCUT2D eigenvalue weighted by atomic mass is 9.95. The third-order valence-electron chi connectivity index (χ3n) is 5.91. The summed E-state index contributed by atoms with van der Waals surface area (Å²) < 4.78 is 2.27. The molecule has 0 aliphatic carbocycles. The minimum absolute atomic E-state index is 0. The second-order valence-corrected chi connectivity index (χ2v) is 7.84. The van der Waals surface area contributed by atoms with Gasteiger partial charge in [0.05, 0.1) is 6.54 Å². The Balaban J connectivity index is 0.00000160. The second-order valence-electron chi connectivity index (χ2n) is 7.84. The maximum absolute atomic E-state index is 12.9. The van der Waals surface area contributed by atoms with Crippen LogP contribution in [-0.4, -0.2) is 58.8 Å². The average Bonchev–Trinajstić information content (AvgIpc) is 3.18. The zero-order chi connectivity index (χ0) is 19.5. The number of nitrogens with one attached hydrogen (secondary N) is 1. The van der Waals surface area contributed by atoms with Crippen LogP contribution in [0.1, 0.15) is 54.1 Å². The fraction of sp³-hybridized carbons (Fsp3) is 0.571. The quantitative estimate of drug-likeness (QED) is 0.751. The van der Waals surface area contributed by atoms with Crippen molar-refractivity contribution in [2.24, 2.45) is 0 Å². The summed E-state index contributed by atoms with van der Waals surface area (Å²) in [4.78, 5) is 17.1. The maximum atomic E-state index is 12.9. The van der Waals surface area contributed by atoms with Crippen LogP contribution < -0.4 is 10.2 Å². The van der Waals surface area contributed by atoms with Gasteiger partial charge in [0.1, 0.15) is 11.6 Å². The highest BCUT2D eigenvalue weighted by molar-refractivity contribution is 5.94. The molecule has 1 aromatic heterocycles. The monoisotopic (exact) mass is 454 g/mol. The van der Waals surface area contributed by atoms with Crippen LogP contribution in [0.15, 0.2) is 24.3 Å². The minimum Gasteiger partial charge on any atom is -0.375 e. The Morgan fingerprint density at radius 1 is 1.13 bits per heavy atom. The van der Waals surface area contributed by atoms with E-state index < -0.39 is 0 Å². The van der Waals surface area contributed by atoms with Crippen molar-refractivity contribution in [3.05, 3.63) is 41.5 Å². The van der Waals surface area contributed by atoms with Gasteiger partial charge in [-0.1, -0.05) is 6.92 Å². The van der Waals surface area contributed by atoms with Crippen molar-refractivity contribution < 1.29 is 4.79 Å². The van der Waals surface area contributed by atoms with Gasteiger partial charge in [0.2, 0.25) is 0 Å². The van der Waals surface area contributed by atoms with Gasteiger partial charge in [-0.2, -0.15) is 0 Å². The van der Waals surface area contributed by atoms with E-state index in [-0.39, 0.29) is 30.7 Å². The standard InChI is InChI=1S/C21H30N6O.2ClH/c1-3-11-25(2)18-6-4-17(5-7-18)21(28)26-12-8-16(9-13-26)20-24-23-19-15-22-10-14-27(19)20;;/h4-7,16,22H,3,8-15H2,1-2H3;2*1H. The first-order valence-corrected chi connectivity index (χ1v) is 10.4. The summed E-state index contributed by atoms with van der Waals surface area (Å²) in [7, 11) is 2.09. The van der Waals surface area contributed by atoms with E-state index in [1.807, 2.05) is 29.2 Å². The van der Waals surface area contributed by atoms with Gasteiger partial charge in [0.15, 0.2) is 0 Å². The van der Waals surface area contributed by atoms with Gasteiger partial charge >= 0.3 is 0 Å². The number of nitrogens with zero attached hydrogens (tertiary/aromatic N) is 5. The topological polar surface area (TPSA) is 66.3 Å². The molecular weight excluding hydrogens is 423 g/mol. The minimum atomic E-state index is 0. The number of halogens is 2. The molecule has 0 unspecified atom stereocenters. The summed E-state index contributed by atoms with van der Waals surface area (Å²) in [6.07, 6.45) is 3.02. The third-order valence-corrected chi connectivity index (χ3v) is 5.91. The zero-order valence-corrected chi connectivity index (χ0v) is 19.3. The number of aromatic nitrogens is 3. The first kappa shape index (κ1) is 24.4. The molecule has 1 N–H and O–H groups in total. The Kier molecular flexibility index (Phi) is 8.94. The van der Waals surface area contributed by atoms with Crippen LogP contribution in [0.5, 0.6) is 0 Å². The van der Waals surface area contributed by atoms with Crippen molar-refractivity contribution in [2.75, 3.05) is 38.1 Å². The first-order valence-electron chi connectivity index (χ1n) is 10.4. The summed E-state index contributed by atoms with van der Waals surface area (Å²) in [5.41, 5.74) is 1.93. The van der Waals surface area contributed by atoms with Crippen LogP contribution in [-0.2, 0) is 13.1 Å².